The number of aliphatic hydroxyl groups excluding tert-OH is 1. The average Bonchev–Trinajstić information content (AvgIpc) is 3.28. The summed E-state index contributed by atoms with van der Waals surface area (Å²) < 4.78 is 6.30. The highest BCUT2D eigenvalue weighted by Gasteiger charge is 2.24. The van der Waals surface area contributed by atoms with E-state index in [-0.39, 0.29) is 38.1 Å². The lowest BCUT2D eigenvalue weighted by molar-refractivity contribution is -0.139. The van der Waals surface area contributed by atoms with Crippen molar-refractivity contribution in [3.8, 4) is 0 Å². The van der Waals surface area contributed by atoms with Crippen LogP contribution in [0.1, 0.15) is 40.6 Å². The van der Waals surface area contributed by atoms with E-state index in [1.165, 1.54) is 12.6 Å². The van der Waals surface area contributed by atoms with Gasteiger partial charge in [-0.15, -0.1) is 0 Å². The number of aromatic nitrogens is 2. The number of carbonyl (C=O) groups is 4. The van der Waals surface area contributed by atoms with Gasteiger partial charge in [-0.25, -0.2) is 10.5 Å². The lowest BCUT2D eigenvalue weighted by Crippen LogP contribution is -2.33. The Balaban J connectivity index is 1.95. The molecule has 1 aromatic heterocycles. The molecule has 2 aromatic carbocycles. The summed E-state index contributed by atoms with van der Waals surface area (Å²) in [6.45, 7) is -0.284. The zero-order valence-electron chi connectivity index (χ0n) is 20.3. The second-order valence-corrected chi connectivity index (χ2v) is 8.15. The summed E-state index contributed by atoms with van der Waals surface area (Å²) in [5.41, 5.74) is 3.79. The SMILES string of the molecule is COC(=O)CNC(=O)c1ccc2c(c1)nc(C(Cc1ccccc1)NC(=O)CCC(=O)NO)n2CCO. The zero-order chi connectivity index (χ0) is 26.8. The summed E-state index contributed by atoms with van der Waals surface area (Å²) in [6.07, 6.45) is 0.0277. The second-order valence-electron chi connectivity index (χ2n) is 8.15. The number of methoxy groups -OCH3 is 1. The molecule has 0 saturated carbocycles. The van der Waals surface area contributed by atoms with E-state index < -0.39 is 29.7 Å². The van der Waals surface area contributed by atoms with Crippen molar-refractivity contribution in [3.63, 3.8) is 0 Å². The van der Waals surface area contributed by atoms with Gasteiger partial charge < -0.3 is 25.0 Å². The van der Waals surface area contributed by atoms with Gasteiger partial charge in [-0.05, 0) is 30.2 Å². The fourth-order valence-electron chi connectivity index (χ4n) is 3.82. The van der Waals surface area contributed by atoms with Gasteiger partial charge in [0.25, 0.3) is 5.91 Å². The smallest absolute Gasteiger partial charge is 0.325 e. The molecule has 1 atom stereocenters. The van der Waals surface area contributed by atoms with Crippen molar-refractivity contribution in [1.82, 2.24) is 25.7 Å². The quantitative estimate of drug-likeness (QED) is 0.134. The number of benzene rings is 2. The number of carbonyl (C=O) groups excluding carboxylic acids is 4. The molecule has 12 nitrogen and oxygen atoms in total. The predicted octanol–water partition coefficient (Wildman–Crippen LogP) is 0.617. The van der Waals surface area contributed by atoms with Gasteiger partial charge in [0.05, 0.1) is 30.8 Å². The van der Waals surface area contributed by atoms with E-state index in [4.69, 9.17) is 10.2 Å². The van der Waals surface area contributed by atoms with E-state index in [1.54, 1.807) is 22.8 Å². The van der Waals surface area contributed by atoms with Gasteiger partial charge in [-0.1, -0.05) is 30.3 Å². The number of imidazole rings is 1. The molecule has 3 rings (SSSR count). The van der Waals surface area contributed by atoms with Crippen LogP contribution < -0.4 is 16.1 Å². The number of nitrogens with one attached hydrogen (secondary N) is 3. The monoisotopic (exact) mass is 511 g/mol. The minimum atomic E-state index is -0.680. The van der Waals surface area contributed by atoms with Crippen LogP contribution in [0.5, 0.6) is 0 Å². The standard InChI is InChI=1S/C25H29N5O7/c1-37-23(34)15-26-25(35)17-7-8-20-18(14-17)28-24(30(20)11-12-31)19(13-16-5-3-2-4-6-16)27-21(32)9-10-22(33)29-36/h2-8,14,19,31,36H,9-13,15H2,1H3,(H,26,35)(H,27,32)(H,29,33). The molecule has 0 bridgehead atoms. The maximum Gasteiger partial charge on any atom is 0.325 e. The highest BCUT2D eigenvalue weighted by Crippen LogP contribution is 2.25. The molecule has 0 radical (unpaired) electrons. The molecule has 12 heteroatoms. The molecule has 5 N–H and O–H groups in total. The highest BCUT2D eigenvalue weighted by molar-refractivity contribution is 5.98. The minimum absolute atomic E-state index is 0.150. The summed E-state index contributed by atoms with van der Waals surface area (Å²) in [5.74, 6) is -1.71. The molecule has 37 heavy (non-hydrogen) atoms. The van der Waals surface area contributed by atoms with Crippen LogP contribution in [-0.2, 0) is 32.1 Å². The number of hydroxylamine groups is 1. The first-order valence-corrected chi connectivity index (χ1v) is 11.6. The fraction of sp³-hybridized carbons (Fsp3) is 0.320. The fourth-order valence-corrected chi connectivity index (χ4v) is 3.82. The van der Waals surface area contributed by atoms with Crippen molar-refractivity contribution < 1.29 is 34.2 Å². The number of hydrogen-bond acceptors (Lipinski definition) is 8. The van der Waals surface area contributed by atoms with Crippen molar-refractivity contribution in [2.45, 2.75) is 31.8 Å². The van der Waals surface area contributed by atoms with Gasteiger partial charge >= 0.3 is 5.97 Å². The molecule has 3 aromatic rings. The maximum absolute atomic E-state index is 12.7. The van der Waals surface area contributed by atoms with Crippen molar-refractivity contribution in [2.24, 2.45) is 0 Å². The molecule has 0 aliphatic heterocycles. The number of ether oxygens (including phenoxy) is 1. The molecule has 0 fully saturated rings. The average molecular weight is 512 g/mol. The molecule has 1 unspecified atom stereocenters. The maximum atomic E-state index is 12.7. The van der Waals surface area contributed by atoms with E-state index in [0.717, 1.165) is 5.56 Å². The van der Waals surface area contributed by atoms with Gasteiger partial charge in [0.15, 0.2) is 0 Å². The van der Waals surface area contributed by atoms with Crippen LogP contribution >= 0.6 is 0 Å². The van der Waals surface area contributed by atoms with Crippen LogP contribution in [0.4, 0.5) is 0 Å². The zero-order valence-corrected chi connectivity index (χ0v) is 20.3. The normalized spacial score (nSPS) is 11.5. The van der Waals surface area contributed by atoms with Crippen LogP contribution in [0.3, 0.4) is 0 Å². The van der Waals surface area contributed by atoms with Crippen LogP contribution in [-0.4, -0.2) is 63.8 Å². The third-order valence-electron chi connectivity index (χ3n) is 5.62. The number of fused-ring (bicyclic) bond motifs is 1. The molecule has 0 spiro atoms. The summed E-state index contributed by atoms with van der Waals surface area (Å²) in [4.78, 5) is 52.6. The lowest BCUT2D eigenvalue weighted by atomic mass is 10.0. The van der Waals surface area contributed by atoms with Crippen LogP contribution in [0.2, 0.25) is 0 Å². The van der Waals surface area contributed by atoms with Gasteiger partial charge in [0.1, 0.15) is 12.4 Å². The molecule has 0 aliphatic rings. The highest BCUT2D eigenvalue weighted by atomic mass is 16.5. The van der Waals surface area contributed by atoms with Crippen molar-refractivity contribution in [2.75, 3.05) is 20.3 Å². The third-order valence-corrected chi connectivity index (χ3v) is 5.62. The van der Waals surface area contributed by atoms with E-state index in [2.05, 4.69) is 15.4 Å². The molecular formula is C25H29N5O7. The lowest BCUT2D eigenvalue weighted by Gasteiger charge is -2.20. The number of amides is 3. The van der Waals surface area contributed by atoms with Crippen LogP contribution in [0.15, 0.2) is 48.5 Å². The largest absolute Gasteiger partial charge is 0.468 e. The topological polar surface area (TPSA) is 172 Å². The van der Waals surface area contributed by atoms with Crippen LogP contribution in [0, 0.1) is 0 Å². The van der Waals surface area contributed by atoms with Gasteiger partial charge in [-0.2, -0.15) is 0 Å². The third kappa shape index (κ3) is 7.35. The van der Waals surface area contributed by atoms with E-state index in [1.807, 2.05) is 30.3 Å². The molecular weight excluding hydrogens is 482 g/mol. The number of rotatable bonds is 12. The van der Waals surface area contributed by atoms with Crippen molar-refractivity contribution in [1.29, 1.82) is 0 Å². The number of hydrogen-bond donors (Lipinski definition) is 5. The summed E-state index contributed by atoms with van der Waals surface area (Å²) in [6, 6.07) is 13.6. The van der Waals surface area contributed by atoms with Crippen LogP contribution in [0.25, 0.3) is 11.0 Å². The summed E-state index contributed by atoms with van der Waals surface area (Å²) in [5, 5.41) is 23.8. The van der Waals surface area contributed by atoms with Gasteiger partial charge in [0, 0.05) is 24.9 Å². The Morgan fingerprint density at radius 2 is 1.78 bits per heavy atom. The molecule has 196 valence electrons. The Morgan fingerprint density at radius 3 is 2.46 bits per heavy atom. The Hall–Kier alpha value is -4.29. The first kappa shape index (κ1) is 27.3. The molecule has 1 heterocycles. The molecule has 3 amide bonds. The first-order valence-electron chi connectivity index (χ1n) is 11.6. The van der Waals surface area contributed by atoms with E-state index in [9.17, 15) is 24.3 Å². The minimum Gasteiger partial charge on any atom is -0.468 e. The summed E-state index contributed by atoms with van der Waals surface area (Å²) in [7, 11) is 1.22. The Labute approximate surface area is 212 Å². The van der Waals surface area contributed by atoms with Gasteiger partial charge in [-0.3, -0.25) is 24.4 Å². The number of nitrogens with zero attached hydrogens (tertiary/aromatic N) is 2. The Kier molecular flexibility index (Phi) is 9.69. The van der Waals surface area contributed by atoms with E-state index in [0.29, 0.717) is 23.3 Å². The number of esters is 1. The molecule has 0 saturated heterocycles. The van der Waals surface area contributed by atoms with Crippen molar-refractivity contribution in [3.05, 3.63) is 65.5 Å². The Morgan fingerprint density at radius 1 is 1.05 bits per heavy atom. The van der Waals surface area contributed by atoms with E-state index >= 15 is 0 Å². The van der Waals surface area contributed by atoms with Gasteiger partial charge in [0.2, 0.25) is 11.8 Å². The van der Waals surface area contributed by atoms with Crippen molar-refractivity contribution >= 4 is 34.7 Å². The second kappa shape index (κ2) is 13.1. The Bertz CT molecular complexity index is 1260. The summed E-state index contributed by atoms with van der Waals surface area (Å²) >= 11 is 0. The first-order chi connectivity index (χ1) is 17.9. The molecule has 0 aliphatic carbocycles. The predicted molar refractivity (Wildman–Crippen MR) is 131 cm³/mol. The number of aliphatic hydroxyl groups is 1.